The van der Waals surface area contributed by atoms with E-state index < -0.39 is 0 Å². The van der Waals surface area contributed by atoms with Crippen molar-refractivity contribution in [3.8, 4) is 0 Å². The van der Waals surface area contributed by atoms with E-state index in [9.17, 15) is 4.79 Å². The van der Waals surface area contributed by atoms with Gasteiger partial charge in [0.2, 0.25) is 11.9 Å². The van der Waals surface area contributed by atoms with Gasteiger partial charge in [-0.1, -0.05) is 31.9 Å². The smallest absolute Gasteiger partial charge is 0.225 e. The summed E-state index contributed by atoms with van der Waals surface area (Å²) in [5.74, 6) is 3.93. The summed E-state index contributed by atoms with van der Waals surface area (Å²) in [5.41, 5.74) is 0.970. The first-order valence-corrected chi connectivity index (χ1v) is 12.4. The molecule has 1 aromatic heterocycles. The fraction of sp³-hybridized carbons (Fsp3) is 0.654. The molecule has 174 valence electrons. The summed E-state index contributed by atoms with van der Waals surface area (Å²) >= 11 is 0. The van der Waals surface area contributed by atoms with Crippen LogP contribution in [0, 0.1) is 17.8 Å². The molecule has 0 unspecified atom stereocenters. The molecule has 32 heavy (non-hydrogen) atoms. The van der Waals surface area contributed by atoms with Gasteiger partial charge in [-0.15, -0.1) is 0 Å². The van der Waals surface area contributed by atoms with E-state index in [0.29, 0.717) is 23.8 Å². The molecule has 1 amide bonds. The van der Waals surface area contributed by atoms with Gasteiger partial charge in [0.25, 0.3) is 0 Å². The number of amides is 1. The highest BCUT2D eigenvalue weighted by Crippen LogP contribution is 2.31. The summed E-state index contributed by atoms with van der Waals surface area (Å²) in [4.78, 5) is 24.0. The van der Waals surface area contributed by atoms with Gasteiger partial charge in [-0.3, -0.25) is 4.79 Å². The molecule has 0 spiro atoms. The minimum absolute atomic E-state index is 0.255. The number of nitrogens with one attached hydrogen (secondary N) is 2. The van der Waals surface area contributed by atoms with Crippen molar-refractivity contribution in [2.75, 3.05) is 30.9 Å². The molecule has 4 rings (SSSR count). The summed E-state index contributed by atoms with van der Waals surface area (Å²) in [5, 5.41) is 7.88. The number of hydrogen-bond acceptors (Lipinski definition) is 5. The van der Waals surface area contributed by atoms with E-state index in [-0.39, 0.29) is 5.91 Å². The number of carbonyl (C=O) groups is 1. The van der Waals surface area contributed by atoms with Crippen LogP contribution in [0.15, 0.2) is 24.3 Å². The Bertz CT molecular complexity index is 898. The van der Waals surface area contributed by atoms with Crippen molar-refractivity contribution in [1.82, 2.24) is 15.3 Å². The maximum Gasteiger partial charge on any atom is 0.225 e. The van der Waals surface area contributed by atoms with Crippen LogP contribution >= 0.6 is 0 Å². The minimum Gasteiger partial charge on any atom is -0.362 e. The number of para-hydroxylation sites is 1. The van der Waals surface area contributed by atoms with E-state index in [2.05, 4.69) is 23.6 Å². The number of anilines is 2. The lowest BCUT2D eigenvalue weighted by Crippen LogP contribution is -2.35. The summed E-state index contributed by atoms with van der Waals surface area (Å²) in [6.45, 7) is 3.15. The van der Waals surface area contributed by atoms with Gasteiger partial charge in [0, 0.05) is 38.5 Å². The molecule has 1 aromatic carbocycles. The maximum absolute atomic E-state index is 12.4. The first-order valence-electron chi connectivity index (χ1n) is 12.4. The zero-order valence-electron chi connectivity index (χ0n) is 19.9. The Labute approximate surface area is 192 Å². The van der Waals surface area contributed by atoms with Gasteiger partial charge < -0.3 is 15.5 Å². The number of aromatic nitrogens is 2. The van der Waals surface area contributed by atoms with Gasteiger partial charge in [0.05, 0.1) is 5.52 Å². The van der Waals surface area contributed by atoms with Crippen LogP contribution in [0.2, 0.25) is 0 Å². The highest BCUT2D eigenvalue weighted by atomic mass is 16.1. The molecule has 6 nitrogen and oxygen atoms in total. The standard InChI is InChI=1S/C26H39N5O/c1-18-8-10-19(11-9-18)16-24(32)27-17-20-12-14-21(15-13-20)28-26-29-23-7-5-4-6-22(23)25(30-26)31(2)3/h4-7,18-21H,8-17H2,1-3H3,(H,27,32)(H,28,29,30). The molecular weight excluding hydrogens is 398 g/mol. The third-order valence-corrected chi connectivity index (χ3v) is 7.38. The van der Waals surface area contributed by atoms with E-state index in [1.807, 2.05) is 37.2 Å². The van der Waals surface area contributed by atoms with Gasteiger partial charge in [0.1, 0.15) is 5.82 Å². The molecule has 0 bridgehead atoms. The first-order chi connectivity index (χ1) is 15.5. The van der Waals surface area contributed by atoms with Gasteiger partial charge >= 0.3 is 0 Å². The van der Waals surface area contributed by atoms with Crippen LogP contribution in [0.5, 0.6) is 0 Å². The molecule has 0 aliphatic heterocycles. The minimum atomic E-state index is 0.255. The van der Waals surface area contributed by atoms with Gasteiger partial charge in [0.15, 0.2) is 0 Å². The average molecular weight is 438 g/mol. The molecule has 2 N–H and O–H groups in total. The first kappa shape index (κ1) is 22.8. The number of nitrogens with zero attached hydrogens (tertiary/aromatic N) is 3. The number of benzene rings is 1. The zero-order valence-corrected chi connectivity index (χ0v) is 19.9. The highest BCUT2D eigenvalue weighted by Gasteiger charge is 2.24. The lowest BCUT2D eigenvalue weighted by Gasteiger charge is -2.30. The lowest BCUT2D eigenvalue weighted by molar-refractivity contribution is -0.122. The fourth-order valence-corrected chi connectivity index (χ4v) is 5.28. The fourth-order valence-electron chi connectivity index (χ4n) is 5.28. The second kappa shape index (κ2) is 10.5. The summed E-state index contributed by atoms with van der Waals surface area (Å²) in [7, 11) is 4.04. The van der Waals surface area contributed by atoms with Crippen LogP contribution in [-0.2, 0) is 4.79 Å². The number of hydrogen-bond donors (Lipinski definition) is 2. The Morgan fingerprint density at radius 2 is 1.66 bits per heavy atom. The van der Waals surface area contributed by atoms with Crippen LogP contribution in [0.1, 0.15) is 64.7 Å². The summed E-state index contributed by atoms with van der Waals surface area (Å²) in [6, 6.07) is 8.56. The molecule has 2 aliphatic carbocycles. The van der Waals surface area contributed by atoms with Gasteiger partial charge in [-0.05, 0) is 68.4 Å². The van der Waals surface area contributed by atoms with Crippen molar-refractivity contribution < 1.29 is 4.79 Å². The molecule has 1 heterocycles. The second-order valence-electron chi connectivity index (χ2n) is 10.3. The molecule has 6 heteroatoms. The van der Waals surface area contributed by atoms with E-state index in [1.165, 1.54) is 25.7 Å². The Hall–Kier alpha value is -2.37. The SMILES string of the molecule is CC1CCC(CC(=O)NCC2CCC(Nc3nc(N(C)C)c4ccccc4n3)CC2)CC1. The Morgan fingerprint density at radius 1 is 0.969 bits per heavy atom. The van der Waals surface area contributed by atoms with E-state index in [1.54, 1.807) is 0 Å². The molecule has 2 fully saturated rings. The largest absolute Gasteiger partial charge is 0.362 e. The Balaban J connectivity index is 1.23. The van der Waals surface area contributed by atoms with Crippen LogP contribution in [-0.4, -0.2) is 42.6 Å². The zero-order chi connectivity index (χ0) is 22.5. The van der Waals surface area contributed by atoms with Crippen LogP contribution in [0.3, 0.4) is 0 Å². The van der Waals surface area contributed by atoms with E-state index in [0.717, 1.165) is 61.3 Å². The average Bonchev–Trinajstić information content (AvgIpc) is 2.79. The van der Waals surface area contributed by atoms with Crippen LogP contribution in [0.25, 0.3) is 10.9 Å². The van der Waals surface area contributed by atoms with E-state index >= 15 is 0 Å². The number of rotatable bonds is 7. The van der Waals surface area contributed by atoms with Gasteiger partial charge in [-0.2, -0.15) is 4.98 Å². The van der Waals surface area contributed by atoms with Crippen LogP contribution < -0.4 is 15.5 Å². The van der Waals surface area contributed by atoms with E-state index in [4.69, 9.17) is 9.97 Å². The number of carbonyl (C=O) groups excluding carboxylic acids is 1. The molecule has 0 saturated heterocycles. The third kappa shape index (κ3) is 5.90. The van der Waals surface area contributed by atoms with Crippen molar-refractivity contribution in [3.63, 3.8) is 0 Å². The topological polar surface area (TPSA) is 70.2 Å². The third-order valence-electron chi connectivity index (χ3n) is 7.38. The second-order valence-corrected chi connectivity index (χ2v) is 10.3. The molecule has 2 saturated carbocycles. The highest BCUT2D eigenvalue weighted by molar-refractivity contribution is 5.90. The quantitative estimate of drug-likeness (QED) is 0.638. The summed E-state index contributed by atoms with van der Waals surface area (Å²) in [6.07, 6.45) is 10.2. The van der Waals surface area contributed by atoms with Gasteiger partial charge in [-0.25, -0.2) is 4.98 Å². The molecular formula is C26H39N5O. The maximum atomic E-state index is 12.4. The summed E-state index contributed by atoms with van der Waals surface area (Å²) < 4.78 is 0. The molecule has 0 radical (unpaired) electrons. The van der Waals surface area contributed by atoms with Crippen molar-refractivity contribution in [2.24, 2.45) is 17.8 Å². The Kier molecular flexibility index (Phi) is 7.48. The number of fused-ring (bicyclic) bond motifs is 1. The molecule has 0 atom stereocenters. The van der Waals surface area contributed by atoms with Crippen molar-refractivity contribution in [2.45, 2.75) is 70.8 Å². The predicted molar refractivity (Wildman–Crippen MR) is 132 cm³/mol. The predicted octanol–water partition coefficient (Wildman–Crippen LogP) is 5.00. The normalized spacial score (nSPS) is 26.0. The molecule has 2 aromatic rings. The van der Waals surface area contributed by atoms with Crippen molar-refractivity contribution in [1.29, 1.82) is 0 Å². The van der Waals surface area contributed by atoms with Crippen LogP contribution in [0.4, 0.5) is 11.8 Å². The van der Waals surface area contributed by atoms with Crippen molar-refractivity contribution >= 4 is 28.6 Å². The monoisotopic (exact) mass is 437 g/mol. The Morgan fingerprint density at radius 3 is 2.38 bits per heavy atom. The van der Waals surface area contributed by atoms with Crippen molar-refractivity contribution in [3.05, 3.63) is 24.3 Å². The lowest BCUT2D eigenvalue weighted by atomic mass is 9.81. The molecule has 2 aliphatic rings.